The van der Waals surface area contributed by atoms with Crippen LogP contribution in [-0.2, 0) is 9.59 Å². The van der Waals surface area contributed by atoms with E-state index in [0.717, 1.165) is 6.42 Å². The number of aliphatic carboxylic acids is 2. The van der Waals surface area contributed by atoms with Crippen molar-refractivity contribution in [1.29, 1.82) is 0 Å². The molecule has 0 amide bonds. The van der Waals surface area contributed by atoms with E-state index in [1.807, 2.05) is 6.92 Å². The molecule has 1 unspecified atom stereocenters. The molecular formula is C8H16O5. The molecule has 0 aliphatic carbocycles. The Labute approximate surface area is 76.7 Å². The summed E-state index contributed by atoms with van der Waals surface area (Å²) in [6, 6.07) is 0. The van der Waals surface area contributed by atoms with Crippen LogP contribution in [0.3, 0.4) is 0 Å². The summed E-state index contributed by atoms with van der Waals surface area (Å²) in [6.45, 7) is 1.89. The zero-order valence-corrected chi connectivity index (χ0v) is 7.62. The van der Waals surface area contributed by atoms with Crippen LogP contribution in [-0.4, -0.2) is 27.6 Å². The lowest BCUT2D eigenvalue weighted by atomic mass is 9.98. The van der Waals surface area contributed by atoms with Crippen molar-refractivity contribution in [1.82, 2.24) is 0 Å². The Hall–Kier alpha value is -1.10. The largest absolute Gasteiger partial charge is 0.481 e. The zero-order valence-electron chi connectivity index (χ0n) is 7.62. The van der Waals surface area contributed by atoms with Crippen molar-refractivity contribution in [2.75, 3.05) is 0 Å². The topological polar surface area (TPSA) is 106 Å². The fourth-order valence-corrected chi connectivity index (χ4v) is 1.04. The Balaban J connectivity index is 0. The summed E-state index contributed by atoms with van der Waals surface area (Å²) < 4.78 is 0. The van der Waals surface area contributed by atoms with Gasteiger partial charge in [0, 0.05) is 6.42 Å². The maximum absolute atomic E-state index is 10.5. The Morgan fingerprint density at radius 3 is 2.08 bits per heavy atom. The van der Waals surface area contributed by atoms with Gasteiger partial charge in [-0.1, -0.05) is 13.3 Å². The van der Waals surface area contributed by atoms with Crippen molar-refractivity contribution in [2.24, 2.45) is 5.92 Å². The summed E-state index contributed by atoms with van der Waals surface area (Å²) >= 11 is 0. The first-order valence-electron chi connectivity index (χ1n) is 4.02. The van der Waals surface area contributed by atoms with Gasteiger partial charge in [-0.15, -0.1) is 0 Å². The van der Waals surface area contributed by atoms with Gasteiger partial charge in [0.15, 0.2) is 0 Å². The quantitative estimate of drug-likeness (QED) is 0.640. The number of carboxylic acids is 2. The first-order valence-corrected chi connectivity index (χ1v) is 4.02. The number of hydrogen-bond acceptors (Lipinski definition) is 2. The fourth-order valence-electron chi connectivity index (χ4n) is 1.04. The van der Waals surface area contributed by atoms with Crippen LogP contribution in [0, 0.1) is 5.92 Å². The van der Waals surface area contributed by atoms with Crippen LogP contribution in [0.2, 0.25) is 0 Å². The van der Waals surface area contributed by atoms with E-state index in [1.54, 1.807) is 0 Å². The molecule has 0 aliphatic heterocycles. The second-order valence-corrected chi connectivity index (χ2v) is 2.76. The molecule has 78 valence electrons. The minimum atomic E-state index is -0.933. The summed E-state index contributed by atoms with van der Waals surface area (Å²) in [5, 5.41) is 16.9. The van der Waals surface area contributed by atoms with E-state index in [1.165, 1.54) is 0 Å². The van der Waals surface area contributed by atoms with Gasteiger partial charge in [0.25, 0.3) is 0 Å². The Kier molecular flexibility index (Phi) is 8.37. The van der Waals surface area contributed by atoms with Crippen LogP contribution in [0.5, 0.6) is 0 Å². The van der Waals surface area contributed by atoms with E-state index in [0.29, 0.717) is 6.42 Å². The number of hydrogen-bond donors (Lipinski definition) is 2. The molecule has 0 aromatic rings. The first-order chi connectivity index (χ1) is 5.57. The zero-order chi connectivity index (χ0) is 9.56. The maximum atomic E-state index is 10.5. The summed E-state index contributed by atoms with van der Waals surface area (Å²) in [5.74, 6) is -2.32. The average Bonchev–Trinajstić information content (AvgIpc) is 1.96. The van der Waals surface area contributed by atoms with Crippen LogP contribution < -0.4 is 0 Å². The maximum Gasteiger partial charge on any atom is 0.306 e. The van der Waals surface area contributed by atoms with Gasteiger partial charge in [0.2, 0.25) is 0 Å². The third kappa shape index (κ3) is 7.27. The van der Waals surface area contributed by atoms with Crippen LogP contribution >= 0.6 is 0 Å². The molecule has 0 heterocycles. The Morgan fingerprint density at radius 1 is 1.23 bits per heavy atom. The molecule has 0 radical (unpaired) electrons. The average molecular weight is 192 g/mol. The molecule has 0 aliphatic rings. The Bertz CT molecular complexity index is 166. The molecule has 4 N–H and O–H groups in total. The number of carbonyl (C=O) groups is 2. The van der Waals surface area contributed by atoms with Crippen LogP contribution in [0.15, 0.2) is 0 Å². The highest BCUT2D eigenvalue weighted by Gasteiger charge is 2.16. The number of rotatable bonds is 6. The molecular weight excluding hydrogens is 176 g/mol. The van der Waals surface area contributed by atoms with Gasteiger partial charge in [0.05, 0.1) is 5.92 Å². The standard InChI is InChI=1S/C8H14O4.H2O/c1-2-3-6(8(11)12)4-5-7(9)10;/h6H,2-5H2,1H3,(H,9,10)(H,11,12);1H2. The third-order valence-corrected chi connectivity index (χ3v) is 1.69. The number of carboxylic acid groups (broad SMARTS) is 2. The van der Waals surface area contributed by atoms with Crippen LogP contribution in [0.1, 0.15) is 32.6 Å². The van der Waals surface area contributed by atoms with Crippen molar-refractivity contribution in [3.63, 3.8) is 0 Å². The van der Waals surface area contributed by atoms with E-state index in [-0.39, 0.29) is 18.3 Å². The molecule has 0 saturated heterocycles. The Morgan fingerprint density at radius 2 is 1.77 bits per heavy atom. The van der Waals surface area contributed by atoms with E-state index < -0.39 is 17.9 Å². The van der Waals surface area contributed by atoms with E-state index in [9.17, 15) is 9.59 Å². The molecule has 13 heavy (non-hydrogen) atoms. The van der Waals surface area contributed by atoms with Crippen LogP contribution in [0.4, 0.5) is 0 Å². The molecule has 5 nitrogen and oxygen atoms in total. The highest BCUT2D eigenvalue weighted by atomic mass is 16.4. The molecule has 0 spiro atoms. The fraction of sp³-hybridized carbons (Fsp3) is 0.750. The van der Waals surface area contributed by atoms with E-state index in [2.05, 4.69) is 0 Å². The van der Waals surface area contributed by atoms with Crippen molar-refractivity contribution in [3.8, 4) is 0 Å². The van der Waals surface area contributed by atoms with Gasteiger partial charge in [-0.2, -0.15) is 0 Å². The van der Waals surface area contributed by atoms with Crippen molar-refractivity contribution >= 4 is 11.9 Å². The molecule has 0 saturated carbocycles. The lowest BCUT2D eigenvalue weighted by Gasteiger charge is -2.08. The first kappa shape index (κ1) is 14.4. The summed E-state index contributed by atoms with van der Waals surface area (Å²) in [5.41, 5.74) is 0. The van der Waals surface area contributed by atoms with Gasteiger partial charge in [-0.3, -0.25) is 9.59 Å². The smallest absolute Gasteiger partial charge is 0.306 e. The lowest BCUT2D eigenvalue weighted by Crippen LogP contribution is -2.14. The molecule has 0 aromatic heterocycles. The lowest BCUT2D eigenvalue weighted by molar-refractivity contribution is -0.143. The van der Waals surface area contributed by atoms with Gasteiger partial charge in [0.1, 0.15) is 0 Å². The van der Waals surface area contributed by atoms with Crippen molar-refractivity contribution in [3.05, 3.63) is 0 Å². The normalized spacial score (nSPS) is 11.5. The van der Waals surface area contributed by atoms with Gasteiger partial charge in [-0.05, 0) is 12.8 Å². The minimum Gasteiger partial charge on any atom is -0.481 e. The molecule has 0 aromatic carbocycles. The molecule has 5 heteroatoms. The third-order valence-electron chi connectivity index (χ3n) is 1.69. The minimum absolute atomic E-state index is 0. The molecule has 0 fully saturated rings. The summed E-state index contributed by atoms with van der Waals surface area (Å²) in [4.78, 5) is 20.6. The SMILES string of the molecule is CCCC(CCC(=O)O)C(=O)O.O. The summed E-state index contributed by atoms with van der Waals surface area (Å²) in [7, 11) is 0. The second-order valence-electron chi connectivity index (χ2n) is 2.76. The van der Waals surface area contributed by atoms with Crippen LogP contribution in [0.25, 0.3) is 0 Å². The predicted octanol–water partition coefficient (Wildman–Crippen LogP) is 0.527. The monoisotopic (exact) mass is 192 g/mol. The molecule has 1 atom stereocenters. The molecule has 0 bridgehead atoms. The summed E-state index contributed by atoms with van der Waals surface area (Å²) in [6.07, 6.45) is 1.51. The highest BCUT2D eigenvalue weighted by Crippen LogP contribution is 2.13. The van der Waals surface area contributed by atoms with E-state index in [4.69, 9.17) is 10.2 Å². The van der Waals surface area contributed by atoms with Crippen molar-refractivity contribution < 1.29 is 25.3 Å². The van der Waals surface area contributed by atoms with Gasteiger partial charge in [-0.25, -0.2) is 0 Å². The van der Waals surface area contributed by atoms with Gasteiger partial charge >= 0.3 is 11.9 Å². The molecule has 0 rings (SSSR count). The van der Waals surface area contributed by atoms with Crippen molar-refractivity contribution in [2.45, 2.75) is 32.6 Å². The highest BCUT2D eigenvalue weighted by molar-refractivity contribution is 5.72. The second kappa shape index (κ2) is 7.54. The van der Waals surface area contributed by atoms with E-state index >= 15 is 0 Å². The van der Waals surface area contributed by atoms with Gasteiger partial charge < -0.3 is 15.7 Å². The predicted molar refractivity (Wildman–Crippen MR) is 46.5 cm³/mol.